The summed E-state index contributed by atoms with van der Waals surface area (Å²) in [5.74, 6) is 0. The Morgan fingerprint density at radius 1 is 1.78 bits per heavy atom. The minimum atomic E-state index is 0.174. The molecule has 0 saturated carbocycles. The van der Waals surface area contributed by atoms with Crippen molar-refractivity contribution in [1.29, 1.82) is 0 Å². The van der Waals surface area contributed by atoms with Crippen molar-refractivity contribution in [1.82, 2.24) is 5.32 Å². The van der Waals surface area contributed by atoms with E-state index in [2.05, 4.69) is 5.32 Å². The van der Waals surface area contributed by atoms with Gasteiger partial charge in [-0.05, 0) is 6.42 Å². The zero-order chi connectivity index (χ0) is 7.11. The molecule has 0 bridgehead atoms. The first-order valence-electron chi connectivity index (χ1n) is 3.03. The average molecular weight is 131 g/mol. The first kappa shape index (κ1) is 8.43. The van der Waals surface area contributed by atoms with Crippen molar-refractivity contribution in [3.05, 3.63) is 0 Å². The van der Waals surface area contributed by atoms with Crippen molar-refractivity contribution < 1.29 is 9.53 Å². The normalized spacial score (nSPS) is 12.7. The molecular formula is C6H13NO2. The predicted octanol–water partition coefficient (Wildman–Crippen LogP) is 0.157. The number of nitrogens with one attached hydrogen (secondary N) is 1. The van der Waals surface area contributed by atoms with E-state index in [9.17, 15) is 4.79 Å². The summed E-state index contributed by atoms with van der Waals surface area (Å²) in [5, 5.41) is 2.63. The molecule has 0 fully saturated rings. The SMILES string of the molecule is CC[C@H](COC)NC=O. The number of hydrogen-bond donors (Lipinski definition) is 1. The second kappa shape index (κ2) is 5.56. The third kappa shape index (κ3) is 3.97. The summed E-state index contributed by atoms with van der Waals surface area (Å²) in [7, 11) is 1.62. The third-order valence-electron chi connectivity index (χ3n) is 1.16. The van der Waals surface area contributed by atoms with Crippen LogP contribution in [0.3, 0.4) is 0 Å². The van der Waals surface area contributed by atoms with Gasteiger partial charge in [0.25, 0.3) is 0 Å². The lowest BCUT2D eigenvalue weighted by Crippen LogP contribution is -2.31. The van der Waals surface area contributed by atoms with Crippen molar-refractivity contribution in [3.63, 3.8) is 0 Å². The number of hydrogen-bond acceptors (Lipinski definition) is 2. The quantitative estimate of drug-likeness (QED) is 0.540. The van der Waals surface area contributed by atoms with Crippen LogP contribution in [0.4, 0.5) is 0 Å². The van der Waals surface area contributed by atoms with Crippen LogP contribution in [0.2, 0.25) is 0 Å². The summed E-state index contributed by atoms with van der Waals surface area (Å²) in [6.07, 6.45) is 1.61. The van der Waals surface area contributed by atoms with E-state index in [0.717, 1.165) is 6.42 Å². The van der Waals surface area contributed by atoms with Crippen LogP contribution in [-0.2, 0) is 9.53 Å². The molecule has 0 saturated heterocycles. The maximum Gasteiger partial charge on any atom is 0.207 e. The number of rotatable bonds is 5. The number of ether oxygens (including phenoxy) is 1. The van der Waals surface area contributed by atoms with Crippen molar-refractivity contribution in [3.8, 4) is 0 Å². The van der Waals surface area contributed by atoms with Gasteiger partial charge in [-0.15, -0.1) is 0 Å². The largest absolute Gasteiger partial charge is 0.383 e. The second-order valence-corrected chi connectivity index (χ2v) is 1.85. The van der Waals surface area contributed by atoms with Crippen molar-refractivity contribution in [2.24, 2.45) is 0 Å². The molecule has 0 spiro atoms. The van der Waals surface area contributed by atoms with Crippen LogP contribution >= 0.6 is 0 Å². The molecule has 9 heavy (non-hydrogen) atoms. The molecule has 3 heteroatoms. The van der Waals surface area contributed by atoms with Gasteiger partial charge in [0, 0.05) is 7.11 Å². The van der Waals surface area contributed by atoms with Gasteiger partial charge in [0.1, 0.15) is 0 Å². The smallest absolute Gasteiger partial charge is 0.207 e. The van der Waals surface area contributed by atoms with Crippen molar-refractivity contribution in [2.75, 3.05) is 13.7 Å². The van der Waals surface area contributed by atoms with Crippen LogP contribution < -0.4 is 5.32 Å². The summed E-state index contributed by atoms with van der Waals surface area (Å²) in [6, 6.07) is 0.174. The Morgan fingerprint density at radius 3 is 2.78 bits per heavy atom. The lowest BCUT2D eigenvalue weighted by Gasteiger charge is -2.10. The average Bonchev–Trinajstić information content (AvgIpc) is 1.88. The standard InChI is InChI=1S/C6H13NO2/c1-3-6(4-9-2)7-5-8/h5-6H,3-4H2,1-2H3,(H,7,8)/t6-/m1/s1. The lowest BCUT2D eigenvalue weighted by molar-refractivity contribution is -0.110. The summed E-state index contributed by atoms with van der Waals surface area (Å²) in [5.41, 5.74) is 0. The van der Waals surface area contributed by atoms with Crippen LogP contribution in [0.25, 0.3) is 0 Å². The third-order valence-corrected chi connectivity index (χ3v) is 1.16. The highest BCUT2D eigenvalue weighted by Crippen LogP contribution is 1.88. The van der Waals surface area contributed by atoms with E-state index in [1.54, 1.807) is 7.11 Å². The maximum absolute atomic E-state index is 9.88. The van der Waals surface area contributed by atoms with Gasteiger partial charge in [-0.2, -0.15) is 0 Å². The van der Waals surface area contributed by atoms with E-state index < -0.39 is 0 Å². The van der Waals surface area contributed by atoms with E-state index in [-0.39, 0.29) is 6.04 Å². The Bertz CT molecular complexity index is 75.5. The second-order valence-electron chi connectivity index (χ2n) is 1.85. The number of carbonyl (C=O) groups is 1. The summed E-state index contributed by atoms with van der Waals surface area (Å²) < 4.78 is 4.83. The van der Waals surface area contributed by atoms with Crippen LogP contribution in [0.1, 0.15) is 13.3 Å². The Kier molecular flexibility index (Phi) is 5.21. The fourth-order valence-electron chi connectivity index (χ4n) is 0.581. The molecule has 0 aromatic rings. The molecule has 3 nitrogen and oxygen atoms in total. The highest BCUT2D eigenvalue weighted by atomic mass is 16.5. The van der Waals surface area contributed by atoms with Crippen LogP contribution in [0.15, 0.2) is 0 Å². The fraction of sp³-hybridized carbons (Fsp3) is 0.833. The van der Waals surface area contributed by atoms with Gasteiger partial charge < -0.3 is 10.1 Å². The number of amides is 1. The Morgan fingerprint density at radius 2 is 2.44 bits per heavy atom. The van der Waals surface area contributed by atoms with E-state index in [4.69, 9.17) is 4.74 Å². The molecule has 0 aliphatic carbocycles. The first-order chi connectivity index (χ1) is 4.35. The van der Waals surface area contributed by atoms with Crippen molar-refractivity contribution >= 4 is 6.41 Å². The Hall–Kier alpha value is -0.570. The summed E-state index contributed by atoms with van der Waals surface area (Å²) in [6.45, 7) is 2.59. The molecule has 1 amide bonds. The molecule has 0 heterocycles. The molecule has 0 aliphatic heterocycles. The molecule has 0 aromatic carbocycles. The summed E-state index contributed by atoms with van der Waals surface area (Å²) >= 11 is 0. The van der Waals surface area contributed by atoms with E-state index in [0.29, 0.717) is 13.0 Å². The molecule has 0 aliphatic rings. The Labute approximate surface area is 55.4 Å². The number of methoxy groups -OCH3 is 1. The van der Waals surface area contributed by atoms with Gasteiger partial charge in [0.2, 0.25) is 6.41 Å². The monoisotopic (exact) mass is 131 g/mol. The molecule has 54 valence electrons. The van der Waals surface area contributed by atoms with Gasteiger partial charge in [-0.3, -0.25) is 4.79 Å². The molecule has 0 rings (SSSR count). The van der Waals surface area contributed by atoms with E-state index >= 15 is 0 Å². The van der Waals surface area contributed by atoms with Gasteiger partial charge in [-0.1, -0.05) is 6.92 Å². The highest BCUT2D eigenvalue weighted by molar-refractivity contribution is 5.46. The zero-order valence-electron chi connectivity index (χ0n) is 5.89. The minimum Gasteiger partial charge on any atom is -0.383 e. The summed E-state index contributed by atoms with van der Waals surface area (Å²) in [4.78, 5) is 9.88. The number of carbonyl (C=O) groups excluding carboxylic acids is 1. The van der Waals surface area contributed by atoms with Gasteiger partial charge in [0.15, 0.2) is 0 Å². The van der Waals surface area contributed by atoms with Crippen molar-refractivity contribution in [2.45, 2.75) is 19.4 Å². The Balaban J connectivity index is 3.28. The molecule has 0 radical (unpaired) electrons. The molecule has 1 atom stereocenters. The van der Waals surface area contributed by atoms with Gasteiger partial charge >= 0.3 is 0 Å². The van der Waals surface area contributed by atoms with Crippen LogP contribution in [0.5, 0.6) is 0 Å². The highest BCUT2D eigenvalue weighted by Gasteiger charge is 2.00. The van der Waals surface area contributed by atoms with Gasteiger partial charge in [-0.25, -0.2) is 0 Å². The maximum atomic E-state index is 9.88. The molecule has 0 aromatic heterocycles. The predicted molar refractivity (Wildman–Crippen MR) is 35.2 cm³/mol. The fourth-order valence-corrected chi connectivity index (χ4v) is 0.581. The first-order valence-corrected chi connectivity index (χ1v) is 3.03. The minimum absolute atomic E-state index is 0.174. The van der Waals surface area contributed by atoms with Crippen LogP contribution in [0, 0.1) is 0 Å². The molecule has 1 N–H and O–H groups in total. The molecular weight excluding hydrogens is 118 g/mol. The van der Waals surface area contributed by atoms with E-state index in [1.807, 2.05) is 6.92 Å². The van der Waals surface area contributed by atoms with Crippen LogP contribution in [-0.4, -0.2) is 26.2 Å². The topological polar surface area (TPSA) is 38.3 Å². The molecule has 0 unspecified atom stereocenters. The van der Waals surface area contributed by atoms with Gasteiger partial charge in [0.05, 0.1) is 12.6 Å². The lowest BCUT2D eigenvalue weighted by atomic mass is 10.2. The van der Waals surface area contributed by atoms with E-state index in [1.165, 1.54) is 0 Å². The zero-order valence-corrected chi connectivity index (χ0v) is 5.89.